The molecule has 1 heterocycles. The molecule has 0 amide bonds. The van der Waals surface area contributed by atoms with E-state index in [1.165, 1.54) is 23.1 Å². The van der Waals surface area contributed by atoms with Gasteiger partial charge in [0.2, 0.25) is 5.13 Å². The number of rotatable bonds is 7. The zero-order valence-corrected chi connectivity index (χ0v) is 13.8. The monoisotopic (exact) mass is 323 g/mol. The number of aromatic nitrogens is 2. The summed E-state index contributed by atoms with van der Waals surface area (Å²) < 4.78 is 5.88. The Labute approximate surface area is 132 Å². The number of nitrogens with one attached hydrogen (secondary N) is 1. The predicted octanol–water partition coefficient (Wildman–Crippen LogP) is 3.34. The van der Waals surface area contributed by atoms with Crippen LogP contribution in [0.5, 0.6) is 5.75 Å². The molecule has 1 aromatic heterocycles. The summed E-state index contributed by atoms with van der Waals surface area (Å²) in [5, 5.41) is 11.8. The summed E-state index contributed by atoms with van der Waals surface area (Å²) in [7, 11) is 1.60. The highest BCUT2D eigenvalue weighted by atomic mass is 32.2. The summed E-state index contributed by atoms with van der Waals surface area (Å²) in [5.41, 5.74) is 0.673. The van der Waals surface area contributed by atoms with E-state index in [0.29, 0.717) is 5.56 Å². The van der Waals surface area contributed by atoms with E-state index >= 15 is 0 Å². The van der Waals surface area contributed by atoms with Crippen LogP contribution < -0.4 is 10.1 Å². The molecule has 1 aromatic carbocycles. The molecule has 0 fully saturated rings. The first-order valence-electron chi connectivity index (χ1n) is 6.56. The Hall–Kier alpha value is -1.60. The van der Waals surface area contributed by atoms with Crippen molar-refractivity contribution in [2.75, 3.05) is 19.0 Å². The Kier molecular flexibility index (Phi) is 5.58. The van der Waals surface area contributed by atoms with Crippen molar-refractivity contribution in [3.8, 4) is 5.75 Å². The minimum Gasteiger partial charge on any atom is -0.497 e. The zero-order chi connectivity index (χ0) is 15.2. The van der Waals surface area contributed by atoms with Crippen molar-refractivity contribution in [3.63, 3.8) is 0 Å². The standard InChI is InChI=1S/C14H17N3O2S2/c1-4-15-13-16-17-14(21-13)20-9(2)12(18)10-5-7-11(19-3)8-6-10/h5-9H,4H2,1-3H3,(H,15,16). The molecule has 7 heteroatoms. The molecule has 0 bridgehead atoms. The summed E-state index contributed by atoms with van der Waals surface area (Å²) in [6.45, 7) is 4.69. The van der Waals surface area contributed by atoms with Crippen LogP contribution in [-0.2, 0) is 0 Å². The van der Waals surface area contributed by atoms with Gasteiger partial charge in [-0.05, 0) is 38.1 Å². The van der Waals surface area contributed by atoms with Crippen LogP contribution in [0.3, 0.4) is 0 Å². The van der Waals surface area contributed by atoms with E-state index in [1.54, 1.807) is 31.4 Å². The fraction of sp³-hybridized carbons (Fsp3) is 0.357. The third-order valence-electron chi connectivity index (χ3n) is 2.76. The molecule has 112 valence electrons. The largest absolute Gasteiger partial charge is 0.497 e. The van der Waals surface area contributed by atoms with Crippen LogP contribution in [0.15, 0.2) is 28.6 Å². The number of methoxy groups -OCH3 is 1. The number of thioether (sulfide) groups is 1. The highest BCUT2D eigenvalue weighted by Crippen LogP contribution is 2.30. The summed E-state index contributed by atoms with van der Waals surface area (Å²) >= 11 is 2.89. The Morgan fingerprint density at radius 2 is 2.10 bits per heavy atom. The second kappa shape index (κ2) is 7.42. The third kappa shape index (κ3) is 4.18. The lowest BCUT2D eigenvalue weighted by Gasteiger charge is -2.08. The fourth-order valence-corrected chi connectivity index (χ4v) is 3.72. The first-order chi connectivity index (χ1) is 10.1. The van der Waals surface area contributed by atoms with Crippen LogP contribution in [-0.4, -0.2) is 34.9 Å². The Bertz CT molecular complexity index is 599. The molecule has 0 saturated carbocycles. The van der Waals surface area contributed by atoms with Gasteiger partial charge in [-0.1, -0.05) is 23.1 Å². The quantitative estimate of drug-likeness (QED) is 0.623. The maximum atomic E-state index is 12.4. The van der Waals surface area contributed by atoms with Crippen molar-refractivity contribution in [3.05, 3.63) is 29.8 Å². The Balaban J connectivity index is 2.00. The van der Waals surface area contributed by atoms with Gasteiger partial charge >= 0.3 is 0 Å². The van der Waals surface area contributed by atoms with E-state index in [-0.39, 0.29) is 11.0 Å². The highest BCUT2D eigenvalue weighted by Gasteiger charge is 2.18. The fourth-order valence-electron chi connectivity index (χ4n) is 1.67. The smallest absolute Gasteiger partial charge is 0.206 e. The van der Waals surface area contributed by atoms with E-state index in [1.807, 2.05) is 13.8 Å². The van der Waals surface area contributed by atoms with Gasteiger partial charge in [0.05, 0.1) is 12.4 Å². The van der Waals surface area contributed by atoms with Gasteiger partial charge in [0, 0.05) is 12.1 Å². The number of ketones is 1. The number of Topliss-reactive ketones (excluding diaryl/α,β-unsaturated/α-hetero) is 1. The van der Waals surface area contributed by atoms with Crippen LogP contribution in [0.25, 0.3) is 0 Å². The van der Waals surface area contributed by atoms with Crippen LogP contribution >= 0.6 is 23.1 Å². The Morgan fingerprint density at radius 1 is 1.38 bits per heavy atom. The van der Waals surface area contributed by atoms with Crippen molar-refractivity contribution in [1.29, 1.82) is 0 Å². The molecule has 0 saturated heterocycles. The predicted molar refractivity (Wildman–Crippen MR) is 86.7 cm³/mol. The molecule has 1 atom stereocenters. The second-order valence-corrected chi connectivity index (χ2v) is 6.82. The van der Waals surface area contributed by atoms with Gasteiger partial charge in [0.1, 0.15) is 5.75 Å². The second-order valence-electron chi connectivity index (χ2n) is 4.26. The normalized spacial score (nSPS) is 12.0. The van der Waals surface area contributed by atoms with Gasteiger partial charge in [-0.2, -0.15) is 0 Å². The van der Waals surface area contributed by atoms with Crippen LogP contribution in [0.1, 0.15) is 24.2 Å². The van der Waals surface area contributed by atoms with Crippen molar-refractivity contribution in [1.82, 2.24) is 10.2 Å². The molecule has 0 spiro atoms. The van der Waals surface area contributed by atoms with Gasteiger partial charge in [0.15, 0.2) is 10.1 Å². The lowest BCUT2D eigenvalue weighted by molar-refractivity contribution is 0.0994. The lowest BCUT2D eigenvalue weighted by Crippen LogP contribution is -2.13. The number of hydrogen-bond donors (Lipinski definition) is 1. The van der Waals surface area contributed by atoms with Gasteiger partial charge in [-0.25, -0.2) is 0 Å². The molecule has 2 aromatic rings. The highest BCUT2D eigenvalue weighted by molar-refractivity contribution is 8.02. The van der Waals surface area contributed by atoms with E-state index in [0.717, 1.165) is 21.8 Å². The van der Waals surface area contributed by atoms with Gasteiger partial charge in [-0.15, -0.1) is 10.2 Å². The summed E-state index contributed by atoms with van der Waals surface area (Å²) in [4.78, 5) is 12.4. The van der Waals surface area contributed by atoms with Crippen LogP contribution in [0.4, 0.5) is 5.13 Å². The summed E-state index contributed by atoms with van der Waals surface area (Å²) in [6, 6.07) is 7.14. The summed E-state index contributed by atoms with van der Waals surface area (Å²) in [5.74, 6) is 0.814. The molecule has 1 N–H and O–H groups in total. The molecular weight excluding hydrogens is 306 g/mol. The Morgan fingerprint density at radius 3 is 2.71 bits per heavy atom. The van der Waals surface area contributed by atoms with E-state index in [2.05, 4.69) is 15.5 Å². The number of nitrogens with zero attached hydrogens (tertiary/aromatic N) is 2. The maximum Gasteiger partial charge on any atom is 0.206 e. The van der Waals surface area contributed by atoms with Gasteiger partial charge in [-0.3, -0.25) is 4.79 Å². The third-order valence-corrected chi connectivity index (χ3v) is 4.82. The molecule has 2 rings (SSSR count). The number of ether oxygens (including phenoxy) is 1. The van der Waals surface area contributed by atoms with Crippen molar-refractivity contribution in [2.45, 2.75) is 23.4 Å². The van der Waals surface area contributed by atoms with E-state index in [9.17, 15) is 4.79 Å². The van der Waals surface area contributed by atoms with E-state index in [4.69, 9.17) is 4.74 Å². The minimum absolute atomic E-state index is 0.0721. The van der Waals surface area contributed by atoms with Crippen LogP contribution in [0, 0.1) is 0 Å². The molecule has 1 unspecified atom stereocenters. The van der Waals surface area contributed by atoms with Crippen molar-refractivity contribution >= 4 is 34.0 Å². The molecule has 0 aliphatic carbocycles. The van der Waals surface area contributed by atoms with Crippen molar-refractivity contribution in [2.24, 2.45) is 0 Å². The molecule has 5 nitrogen and oxygen atoms in total. The number of hydrogen-bond acceptors (Lipinski definition) is 7. The number of carbonyl (C=O) groups excluding carboxylic acids is 1. The van der Waals surface area contributed by atoms with Crippen molar-refractivity contribution < 1.29 is 9.53 Å². The minimum atomic E-state index is -0.208. The van der Waals surface area contributed by atoms with Gasteiger partial charge in [0.25, 0.3) is 0 Å². The van der Waals surface area contributed by atoms with Crippen LogP contribution in [0.2, 0.25) is 0 Å². The average Bonchev–Trinajstić information content (AvgIpc) is 2.94. The number of benzene rings is 1. The lowest BCUT2D eigenvalue weighted by atomic mass is 10.1. The first-order valence-corrected chi connectivity index (χ1v) is 8.26. The zero-order valence-electron chi connectivity index (χ0n) is 12.1. The molecular formula is C14H17N3O2S2. The van der Waals surface area contributed by atoms with E-state index < -0.39 is 0 Å². The average molecular weight is 323 g/mol. The SMILES string of the molecule is CCNc1nnc(SC(C)C(=O)c2ccc(OC)cc2)s1. The first kappa shape index (κ1) is 15.8. The summed E-state index contributed by atoms with van der Waals surface area (Å²) in [6.07, 6.45) is 0. The van der Waals surface area contributed by atoms with Gasteiger partial charge < -0.3 is 10.1 Å². The number of carbonyl (C=O) groups is 1. The maximum absolute atomic E-state index is 12.4. The molecule has 0 aliphatic heterocycles. The molecule has 0 aliphatic rings. The molecule has 21 heavy (non-hydrogen) atoms. The number of anilines is 1. The molecule has 0 radical (unpaired) electrons. The topological polar surface area (TPSA) is 64.1 Å².